The van der Waals surface area contributed by atoms with Gasteiger partial charge in [0, 0.05) is 31.8 Å². The fraction of sp³-hybridized carbons (Fsp3) is 0.562. The lowest BCUT2D eigenvalue weighted by Gasteiger charge is -2.30. The number of nitriles is 1. The maximum absolute atomic E-state index is 13.8. The summed E-state index contributed by atoms with van der Waals surface area (Å²) in [6, 6.07) is 6.46. The minimum Gasteiger partial charge on any atom is -0.396 e. The van der Waals surface area contributed by atoms with E-state index in [2.05, 4.69) is 25.7 Å². The smallest absolute Gasteiger partial charge is 0.127 e. The van der Waals surface area contributed by atoms with Crippen molar-refractivity contribution in [1.82, 2.24) is 4.90 Å². The van der Waals surface area contributed by atoms with Gasteiger partial charge in [0.25, 0.3) is 0 Å². The molecule has 0 aromatic heterocycles. The van der Waals surface area contributed by atoms with Crippen LogP contribution in [-0.2, 0) is 6.54 Å². The molecule has 0 radical (unpaired) electrons. The summed E-state index contributed by atoms with van der Waals surface area (Å²) >= 11 is 0. The third-order valence-electron chi connectivity index (χ3n) is 2.90. The molecule has 0 atom stereocenters. The van der Waals surface area contributed by atoms with Crippen LogP contribution in [-0.4, -0.2) is 29.7 Å². The predicted octanol–water partition coefficient (Wildman–Crippen LogP) is 2.93. The highest BCUT2D eigenvalue weighted by molar-refractivity contribution is 5.33. The lowest BCUT2D eigenvalue weighted by atomic mass is 9.95. The van der Waals surface area contributed by atoms with Gasteiger partial charge in [-0.25, -0.2) is 4.39 Å². The summed E-state index contributed by atoms with van der Waals surface area (Å²) in [7, 11) is 0. The van der Waals surface area contributed by atoms with E-state index in [0.717, 1.165) is 6.54 Å². The maximum atomic E-state index is 13.8. The van der Waals surface area contributed by atoms with Crippen LogP contribution in [0.15, 0.2) is 18.2 Å². The first-order valence-electron chi connectivity index (χ1n) is 6.87. The van der Waals surface area contributed by atoms with Crippen molar-refractivity contribution in [3.63, 3.8) is 0 Å². The van der Waals surface area contributed by atoms with Gasteiger partial charge in [0.2, 0.25) is 0 Å². The normalized spacial score (nSPS) is 11.7. The van der Waals surface area contributed by atoms with Gasteiger partial charge in [-0.15, -0.1) is 0 Å². The van der Waals surface area contributed by atoms with Crippen LogP contribution >= 0.6 is 0 Å². The Hall–Kier alpha value is -1.44. The number of hydrogen-bond acceptors (Lipinski definition) is 3. The Morgan fingerprint density at radius 2 is 2.05 bits per heavy atom. The molecule has 1 N–H and O–H groups in total. The van der Waals surface area contributed by atoms with Gasteiger partial charge in [0.1, 0.15) is 5.82 Å². The molecule has 4 heteroatoms. The highest BCUT2D eigenvalue weighted by Gasteiger charge is 2.17. The van der Waals surface area contributed by atoms with Crippen molar-refractivity contribution in [3.05, 3.63) is 35.1 Å². The summed E-state index contributed by atoms with van der Waals surface area (Å²) < 4.78 is 13.8. The molecule has 20 heavy (non-hydrogen) atoms. The van der Waals surface area contributed by atoms with Crippen LogP contribution in [0.1, 0.15) is 38.3 Å². The zero-order valence-corrected chi connectivity index (χ0v) is 12.5. The Bertz CT molecular complexity index is 474. The predicted molar refractivity (Wildman–Crippen MR) is 77.5 cm³/mol. The molecule has 0 saturated heterocycles. The second-order valence-corrected chi connectivity index (χ2v) is 6.27. The molecule has 0 saturated carbocycles. The van der Waals surface area contributed by atoms with Gasteiger partial charge in [0.05, 0.1) is 11.6 Å². The molecule has 0 spiro atoms. The van der Waals surface area contributed by atoms with Gasteiger partial charge < -0.3 is 5.11 Å². The molecule has 0 aliphatic heterocycles. The number of hydrogen-bond donors (Lipinski definition) is 1. The van der Waals surface area contributed by atoms with E-state index in [-0.39, 0.29) is 17.8 Å². The number of halogens is 1. The lowest BCUT2D eigenvalue weighted by molar-refractivity contribution is 0.164. The first kappa shape index (κ1) is 16.6. The number of benzene rings is 1. The number of rotatable bonds is 6. The summed E-state index contributed by atoms with van der Waals surface area (Å²) in [6.07, 6.45) is 0.662. The summed E-state index contributed by atoms with van der Waals surface area (Å²) in [6.45, 7) is 8.48. The van der Waals surface area contributed by atoms with Crippen molar-refractivity contribution in [3.8, 4) is 6.07 Å². The molecular weight excluding hydrogens is 255 g/mol. The van der Waals surface area contributed by atoms with Crippen molar-refractivity contribution in [1.29, 1.82) is 5.26 Å². The zero-order chi connectivity index (χ0) is 15.2. The third-order valence-corrected chi connectivity index (χ3v) is 2.90. The van der Waals surface area contributed by atoms with E-state index < -0.39 is 0 Å². The summed E-state index contributed by atoms with van der Waals surface area (Å²) in [4.78, 5) is 2.12. The number of aliphatic hydroxyl groups excluding tert-OH is 1. The second-order valence-electron chi connectivity index (χ2n) is 6.27. The first-order chi connectivity index (χ1) is 9.35. The van der Waals surface area contributed by atoms with Crippen LogP contribution in [0.2, 0.25) is 0 Å². The fourth-order valence-corrected chi connectivity index (χ4v) is 2.19. The molecule has 0 heterocycles. The van der Waals surface area contributed by atoms with Gasteiger partial charge in [0.15, 0.2) is 0 Å². The molecule has 0 unspecified atom stereocenters. The van der Waals surface area contributed by atoms with E-state index in [1.165, 1.54) is 12.1 Å². The Kier molecular flexibility index (Phi) is 6.12. The minimum atomic E-state index is -0.285. The maximum Gasteiger partial charge on any atom is 0.127 e. The number of nitrogens with zero attached hydrogens (tertiary/aromatic N) is 2. The van der Waals surface area contributed by atoms with Gasteiger partial charge in [-0.2, -0.15) is 5.26 Å². The standard InChI is InChI=1S/C16H23FN2O/c1-16(2,3)12-19(7-4-8-20)11-14-9-13(10-18)5-6-15(14)17/h5-6,9,20H,4,7-8,11-12H2,1-3H3. The Balaban J connectivity index is 2.85. The van der Waals surface area contributed by atoms with Gasteiger partial charge in [-0.3, -0.25) is 4.90 Å². The molecule has 3 nitrogen and oxygen atoms in total. The SMILES string of the molecule is CC(C)(C)CN(CCCO)Cc1cc(C#N)ccc1F. The highest BCUT2D eigenvalue weighted by Crippen LogP contribution is 2.19. The van der Waals surface area contributed by atoms with Gasteiger partial charge in [-0.1, -0.05) is 20.8 Å². The van der Waals surface area contributed by atoms with Crippen molar-refractivity contribution in [2.45, 2.75) is 33.7 Å². The van der Waals surface area contributed by atoms with Crippen molar-refractivity contribution in [2.75, 3.05) is 19.7 Å². The van der Waals surface area contributed by atoms with Gasteiger partial charge >= 0.3 is 0 Å². The van der Waals surface area contributed by atoms with Crippen LogP contribution in [0.25, 0.3) is 0 Å². The molecule has 0 amide bonds. The zero-order valence-electron chi connectivity index (χ0n) is 12.5. The highest BCUT2D eigenvalue weighted by atomic mass is 19.1. The molecule has 0 bridgehead atoms. The first-order valence-corrected chi connectivity index (χ1v) is 6.87. The Labute approximate surface area is 120 Å². The monoisotopic (exact) mass is 278 g/mol. The third kappa shape index (κ3) is 5.68. The lowest BCUT2D eigenvalue weighted by Crippen LogP contribution is -2.33. The molecule has 0 fully saturated rings. The largest absolute Gasteiger partial charge is 0.396 e. The average Bonchev–Trinajstić information content (AvgIpc) is 2.36. The molecule has 0 aliphatic rings. The van der Waals surface area contributed by atoms with Crippen LogP contribution < -0.4 is 0 Å². The van der Waals surface area contributed by atoms with E-state index in [1.807, 2.05) is 6.07 Å². The van der Waals surface area contributed by atoms with Crippen molar-refractivity contribution < 1.29 is 9.50 Å². The van der Waals surface area contributed by atoms with E-state index in [1.54, 1.807) is 6.07 Å². The number of aliphatic hydroxyl groups is 1. The van der Waals surface area contributed by atoms with E-state index in [9.17, 15) is 4.39 Å². The van der Waals surface area contributed by atoms with Crippen LogP contribution in [0, 0.1) is 22.6 Å². The van der Waals surface area contributed by atoms with Crippen LogP contribution in [0.5, 0.6) is 0 Å². The van der Waals surface area contributed by atoms with E-state index >= 15 is 0 Å². The topological polar surface area (TPSA) is 47.3 Å². The Morgan fingerprint density at radius 3 is 2.60 bits per heavy atom. The molecule has 1 aromatic carbocycles. The van der Waals surface area contributed by atoms with Crippen LogP contribution in [0.4, 0.5) is 4.39 Å². The molecule has 1 aromatic rings. The second kappa shape index (κ2) is 7.37. The minimum absolute atomic E-state index is 0.0960. The van der Waals surface area contributed by atoms with Crippen LogP contribution in [0.3, 0.4) is 0 Å². The average molecular weight is 278 g/mol. The summed E-state index contributed by atoms with van der Waals surface area (Å²) in [5.41, 5.74) is 1.10. The molecule has 1 rings (SSSR count). The molecule has 0 aliphatic carbocycles. The van der Waals surface area contributed by atoms with E-state index in [4.69, 9.17) is 10.4 Å². The Morgan fingerprint density at radius 1 is 1.35 bits per heavy atom. The molecule has 110 valence electrons. The van der Waals surface area contributed by atoms with Gasteiger partial charge in [-0.05, 0) is 30.0 Å². The molecular formula is C16H23FN2O. The van der Waals surface area contributed by atoms with E-state index in [0.29, 0.717) is 30.6 Å². The summed E-state index contributed by atoms with van der Waals surface area (Å²) in [5, 5.41) is 17.9. The van der Waals surface area contributed by atoms with Crippen molar-refractivity contribution in [2.24, 2.45) is 5.41 Å². The summed E-state index contributed by atoms with van der Waals surface area (Å²) in [5.74, 6) is -0.285. The fourth-order valence-electron chi connectivity index (χ4n) is 2.19. The van der Waals surface area contributed by atoms with Crippen molar-refractivity contribution >= 4 is 0 Å². The quantitative estimate of drug-likeness (QED) is 0.870.